The summed E-state index contributed by atoms with van der Waals surface area (Å²) in [7, 11) is 0. The molecule has 2 N–H and O–H groups in total. The third kappa shape index (κ3) is 1.57. The van der Waals surface area contributed by atoms with Crippen molar-refractivity contribution in [2.45, 2.75) is 25.7 Å². The maximum Gasteiger partial charge on any atom is 0.338 e. The summed E-state index contributed by atoms with van der Waals surface area (Å²) in [5.41, 5.74) is 2.45. The first kappa shape index (κ1) is 9.40. The minimum Gasteiger partial charge on any atom is -0.478 e. The van der Waals surface area contributed by atoms with E-state index in [-0.39, 0.29) is 5.56 Å². The minimum absolute atomic E-state index is 0.223. The van der Waals surface area contributed by atoms with Gasteiger partial charge in [0.1, 0.15) is 4.64 Å². The lowest BCUT2D eigenvalue weighted by Gasteiger charge is -2.15. The van der Waals surface area contributed by atoms with E-state index >= 15 is 0 Å². The van der Waals surface area contributed by atoms with Crippen LogP contribution in [-0.4, -0.2) is 16.1 Å². The summed E-state index contributed by atoms with van der Waals surface area (Å²) in [6.07, 6.45) is 4.24. The molecule has 14 heavy (non-hydrogen) atoms. The lowest BCUT2D eigenvalue weighted by atomic mass is 9.95. The number of aromatic amines is 1. The summed E-state index contributed by atoms with van der Waals surface area (Å²) in [6, 6.07) is 1.72. The quantitative estimate of drug-likeness (QED) is 0.698. The Hall–Kier alpha value is -1.16. The van der Waals surface area contributed by atoms with Gasteiger partial charge in [0.15, 0.2) is 0 Å². The molecule has 0 amide bonds. The molecule has 0 aromatic carbocycles. The highest BCUT2D eigenvalue weighted by molar-refractivity contribution is 7.71. The Labute approximate surface area is 86.8 Å². The van der Waals surface area contributed by atoms with E-state index in [1.54, 1.807) is 6.07 Å². The normalized spacial score (nSPS) is 14.9. The number of aryl methyl sites for hydroxylation is 2. The highest BCUT2D eigenvalue weighted by Gasteiger charge is 2.14. The number of H-pyrrole nitrogens is 1. The molecule has 3 nitrogen and oxygen atoms in total. The number of hydrogen-bond acceptors (Lipinski definition) is 2. The standard InChI is InChI=1S/C10H11NO2S/c12-10(13)7-5-6-3-1-2-4-8(6)11-9(7)14/h5H,1-4H2,(H,11,14)(H,12,13). The highest BCUT2D eigenvalue weighted by Crippen LogP contribution is 2.20. The first-order valence-electron chi connectivity index (χ1n) is 4.67. The fraction of sp³-hybridized carbons (Fsp3) is 0.400. The number of fused-ring (bicyclic) bond motifs is 1. The molecule has 0 atom stereocenters. The van der Waals surface area contributed by atoms with Crippen LogP contribution in [0.4, 0.5) is 0 Å². The molecule has 1 aliphatic carbocycles. The first-order chi connectivity index (χ1) is 6.68. The van der Waals surface area contributed by atoms with Crippen LogP contribution in [0.3, 0.4) is 0 Å². The number of hydrogen-bond donors (Lipinski definition) is 2. The molecule has 1 aromatic heterocycles. The van der Waals surface area contributed by atoms with Crippen molar-refractivity contribution >= 4 is 18.2 Å². The van der Waals surface area contributed by atoms with Crippen LogP contribution in [0.5, 0.6) is 0 Å². The maximum atomic E-state index is 10.8. The lowest BCUT2D eigenvalue weighted by Crippen LogP contribution is -2.09. The van der Waals surface area contributed by atoms with Gasteiger partial charge >= 0.3 is 5.97 Å². The first-order valence-corrected chi connectivity index (χ1v) is 5.07. The number of pyridine rings is 1. The summed E-state index contributed by atoms with van der Waals surface area (Å²) in [4.78, 5) is 13.8. The molecular formula is C10H11NO2S. The Morgan fingerprint density at radius 1 is 1.43 bits per heavy atom. The van der Waals surface area contributed by atoms with E-state index in [2.05, 4.69) is 4.98 Å². The van der Waals surface area contributed by atoms with Crippen LogP contribution in [-0.2, 0) is 12.8 Å². The van der Waals surface area contributed by atoms with Gasteiger partial charge in [0, 0.05) is 5.69 Å². The topological polar surface area (TPSA) is 53.1 Å². The molecule has 0 aliphatic heterocycles. The van der Waals surface area contributed by atoms with E-state index in [1.165, 1.54) is 0 Å². The number of aromatic nitrogens is 1. The molecule has 1 aromatic rings. The molecule has 0 bridgehead atoms. The van der Waals surface area contributed by atoms with Gasteiger partial charge in [0.2, 0.25) is 0 Å². The van der Waals surface area contributed by atoms with Crippen LogP contribution in [0.2, 0.25) is 0 Å². The molecule has 0 saturated heterocycles. The van der Waals surface area contributed by atoms with Gasteiger partial charge in [-0.2, -0.15) is 0 Å². The fourth-order valence-corrected chi connectivity index (χ4v) is 2.10. The van der Waals surface area contributed by atoms with E-state index in [1.807, 2.05) is 0 Å². The molecule has 1 aliphatic rings. The Kier molecular flexibility index (Phi) is 2.37. The van der Waals surface area contributed by atoms with Crippen molar-refractivity contribution in [2.75, 3.05) is 0 Å². The van der Waals surface area contributed by atoms with Gasteiger partial charge < -0.3 is 10.1 Å². The monoisotopic (exact) mass is 209 g/mol. The van der Waals surface area contributed by atoms with Crippen molar-refractivity contribution in [1.29, 1.82) is 0 Å². The van der Waals surface area contributed by atoms with Crippen LogP contribution < -0.4 is 0 Å². The van der Waals surface area contributed by atoms with Gasteiger partial charge in [-0.3, -0.25) is 0 Å². The van der Waals surface area contributed by atoms with Gasteiger partial charge in [-0.15, -0.1) is 0 Å². The summed E-state index contributed by atoms with van der Waals surface area (Å²) in [6.45, 7) is 0. The summed E-state index contributed by atoms with van der Waals surface area (Å²) in [5.74, 6) is -0.945. The SMILES string of the molecule is O=C(O)c1cc2c([nH]c1=S)CCCC2. The summed E-state index contributed by atoms with van der Waals surface area (Å²) in [5, 5.41) is 8.88. The number of carboxylic acid groups (broad SMARTS) is 1. The van der Waals surface area contributed by atoms with Crippen molar-refractivity contribution in [3.05, 3.63) is 27.5 Å². The zero-order chi connectivity index (χ0) is 10.1. The van der Waals surface area contributed by atoms with Crippen LogP contribution in [0, 0.1) is 4.64 Å². The van der Waals surface area contributed by atoms with Crippen LogP contribution >= 0.6 is 12.2 Å². The summed E-state index contributed by atoms with van der Waals surface area (Å²) < 4.78 is 0.346. The smallest absolute Gasteiger partial charge is 0.338 e. The van der Waals surface area contributed by atoms with Crippen LogP contribution in [0.15, 0.2) is 6.07 Å². The van der Waals surface area contributed by atoms with Gasteiger partial charge in [0.05, 0.1) is 5.56 Å². The highest BCUT2D eigenvalue weighted by atomic mass is 32.1. The van der Waals surface area contributed by atoms with Crippen molar-refractivity contribution in [3.63, 3.8) is 0 Å². The largest absolute Gasteiger partial charge is 0.478 e. The van der Waals surface area contributed by atoms with Crippen molar-refractivity contribution in [1.82, 2.24) is 4.98 Å². The van der Waals surface area contributed by atoms with E-state index in [9.17, 15) is 4.79 Å². The zero-order valence-electron chi connectivity index (χ0n) is 7.67. The Morgan fingerprint density at radius 3 is 2.86 bits per heavy atom. The molecule has 0 saturated carbocycles. The molecule has 74 valence electrons. The van der Waals surface area contributed by atoms with Gasteiger partial charge in [-0.1, -0.05) is 12.2 Å². The van der Waals surface area contributed by atoms with Crippen LogP contribution in [0.25, 0.3) is 0 Å². The van der Waals surface area contributed by atoms with Crippen molar-refractivity contribution < 1.29 is 9.90 Å². The third-order valence-corrected chi connectivity index (χ3v) is 2.89. The average molecular weight is 209 g/mol. The molecule has 0 fully saturated rings. The third-order valence-electron chi connectivity index (χ3n) is 2.57. The van der Waals surface area contributed by atoms with Crippen molar-refractivity contribution in [3.8, 4) is 0 Å². The fourth-order valence-electron chi connectivity index (χ4n) is 1.83. The number of carbonyl (C=O) groups is 1. The number of nitrogens with one attached hydrogen (secondary N) is 1. The van der Waals surface area contributed by atoms with E-state index in [4.69, 9.17) is 17.3 Å². The molecule has 2 rings (SSSR count). The van der Waals surface area contributed by atoms with E-state index in [0.29, 0.717) is 4.64 Å². The lowest BCUT2D eigenvalue weighted by molar-refractivity contribution is 0.0695. The Balaban J connectivity index is 2.56. The van der Waals surface area contributed by atoms with E-state index < -0.39 is 5.97 Å². The Morgan fingerprint density at radius 2 is 2.14 bits per heavy atom. The summed E-state index contributed by atoms with van der Waals surface area (Å²) >= 11 is 4.98. The minimum atomic E-state index is -0.945. The second-order valence-electron chi connectivity index (χ2n) is 3.53. The maximum absolute atomic E-state index is 10.8. The zero-order valence-corrected chi connectivity index (χ0v) is 8.49. The predicted molar refractivity (Wildman–Crippen MR) is 55.2 cm³/mol. The number of aromatic carboxylic acids is 1. The average Bonchev–Trinajstić information content (AvgIpc) is 2.16. The van der Waals surface area contributed by atoms with Crippen LogP contribution in [0.1, 0.15) is 34.5 Å². The van der Waals surface area contributed by atoms with Gasteiger partial charge in [0.25, 0.3) is 0 Å². The number of rotatable bonds is 1. The second-order valence-corrected chi connectivity index (χ2v) is 3.94. The van der Waals surface area contributed by atoms with Gasteiger partial charge in [-0.05, 0) is 37.3 Å². The van der Waals surface area contributed by atoms with E-state index in [0.717, 1.165) is 36.9 Å². The molecular weight excluding hydrogens is 198 g/mol. The molecule has 0 spiro atoms. The molecule has 0 radical (unpaired) electrons. The molecule has 1 heterocycles. The molecule has 4 heteroatoms. The second kappa shape index (κ2) is 3.53. The van der Waals surface area contributed by atoms with Gasteiger partial charge in [-0.25, -0.2) is 4.79 Å². The number of carboxylic acids is 1. The Bertz CT molecular complexity index is 436. The molecule has 0 unspecified atom stereocenters. The predicted octanol–water partition coefficient (Wildman–Crippen LogP) is 2.32. The van der Waals surface area contributed by atoms with Crippen molar-refractivity contribution in [2.24, 2.45) is 0 Å².